The monoisotopic (exact) mass is 220 g/mol. The number of carbonyl (C=O) groups is 1. The molecule has 0 radical (unpaired) electrons. The molecule has 0 aromatic carbocycles. The van der Waals surface area contributed by atoms with Gasteiger partial charge in [0.15, 0.2) is 0 Å². The molecule has 0 spiro atoms. The van der Waals surface area contributed by atoms with Gasteiger partial charge in [-0.15, -0.1) is 18.2 Å². The van der Waals surface area contributed by atoms with E-state index in [4.69, 9.17) is 21.1 Å². The number of alkyl halides is 1. The summed E-state index contributed by atoms with van der Waals surface area (Å²) in [5.41, 5.74) is 0. The van der Waals surface area contributed by atoms with Gasteiger partial charge >= 0.3 is 5.97 Å². The molecule has 0 saturated carbocycles. The van der Waals surface area contributed by atoms with Crippen molar-refractivity contribution in [2.24, 2.45) is 5.92 Å². The Labute approximate surface area is 90.0 Å². The van der Waals surface area contributed by atoms with E-state index in [-0.39, 0.29) is 23.9 Å². The summed E-state index contributed by atoms with van der Waals surface area (Å²) < 4.78 is 10.2. The Morgan fingerprint density at radius 2 is 2.21 bits per heavy atom. The summed E-state index contributed by atoms with van der Waals surface area (Å²) in [6, 6.07) is 0. The smallest absolute Gasteiger partial charge is 0.308 e. The van der Waals surface area contributed by atoms with E-state index in [1.165, 1.54) is 0 Å². The second kappa shape index (κ2) is 7.83. The highest BCUT2D eigenvalue weighted by atomic mass is 35.5. The standard InChI is InChI=1S/C10H17ClO3/c1-4-5-13-7-9(6-11)14-10(12)8(2)3/h4,8-9H,1,5-7H2,2-3H3/t9-/m1/s1. The second-order valence-electron chi connectivity index (χ2n) is 3.19. The van der Waals surface area contributed by atoms with Crippen LogP contribution in [0.1, 0.15) is 13.8 Å². The van der Waals surface area contributed by atoms with Crippen molar-refractivity contribution >= 4 is 17.6 Å². The molecule has 0 amide bonds. The molecule has 0 aliphatic rings. The molecule has 0 aliphatic carbocycles. The number of ether oxygens (including phenoxy) is 2. The van der Waals surface area contributed by atoms with Crippen molar-refractivity contribution in [1.29, 1.82) is 0 Å². The lowest BCUT2D eigenvalue weighted by Gasteiger charge is -2.16. The average Bonchev–Trinajstić information content (AvgIpc) is 2.16. The summed E-state index contributed by atoms with van der Waals surface area (Å²) in [6.45, 7) is 7.81. The van der Waals surface area contributed by atoms with Gasteiger partial charge in [0.1, 0.15) is 6.10 Å². The Morgan fingerprint density at radius 3 is 2.64 bits per heavy atom. The average molecular weight is 221 g/mol. The van der Waals surface area contributed by atoms with E-state index in [1.54, 1.807) is 19.9 Å². The summed E-state index contributed by atoms with van der Waals surface area (Å²) in [5, 5.41) is 0. The molecule has 0 aromatic rings. The molecular weight excluding hydrogens is 204 g/mol. The van der Waals surface area contributed by atoms with E-state index in [0.29, 0.717) is 13.2 Å². The van der Waals surface area contributed by atoms with Crippen LogP contribution in [0.25, 0.3) is 0 Å². The fourth-order valence-electron chi connectivity index (χ4n) is 0.693. The van der Waals surface area contributed by atoms with Crippen molar-refractivity contribution in [1.82, 2.24) is 0 Å². The van der Waals surface area contributed by atoms with Crippen molar-refractivity contribution in [3.8, 4) is 0 Å². The van der Waals surface area contributed by atoms with E-state index in [0.717, 1.165) is 0 Å². The highest BCUT2D eigenvalue weighted by molar-refractivity contribution is 6.18. The number of hydrogen-bond acceptors (Lipinski definition) is 3. The molecule has 0 aromatic heterocycles. The minimum Gasteiger partial charge on any atom is -0.458 e. The molecule has 0 N–H and O–H groups in total. The first-order valence-electron chi connectivity index (χ1n) is 4.56. The summed E-state index contributed by atoms with van der Waals surface area (Å²) >= 11 is 5.61. The van der Waals surface area contributed by atoms with Crippen LogP contribution in [0.2, 0.25) is 0 Å². The number of rotatable bonds is 7. The van der Waals surface area contributed by atoms with Gasteiger partial charge < -0.3 is 9.47 Å². The zero-order valence-corrected chi connectivity index (χ0v) is 9.42. The maximum absolute atomic E-state index is 11.2. The normalized spacial score (nSPS) is 12.6. The van der Waals surface area contributed by atoms with Gasteiger partial charge in [0.2, 0.25) is 0 Å². The SMILES string of the molecule is C=CCOC[C@@H](CCl)OC(=O)C(C)C. The minimum absolute atomic E-state index is 0.139. The molecule has 0 heterocycles. The van der Waals surface area contributed by atoms with Crippen LogP contribution >= 0.6 is 11.6 Å². The fraction of sp³-hybridized carbons (Fsp3) is 0.700. The van der Waals surface area contributed by atoms with Gasteiger partial charge in [0, 0.05) is 0 Å². The molecule has 0 bridgehead atoms. The van der Waals surface area contributed by atoms with Gasteiger partial charge in [-0.2, -0.15) is 0 Å². The second-order valence-corrected chi connectivity index (χ2v) is 3.50. The molecule has 0 saturated heterocycles. The zero-order valence-electron chi connectivity index (χ0n) is 8.66. The predicted octanol–water partition coefficient (Wildman–Crippen LogP) is 2.00. The minimum atomic E-state index is -0.369. The van der Waals surface area contributed by atoms with Crippen molar-refractivity contribution in [3.63, 3.8) is 0 Å². The zero-order chi connectivity index (χ0) is 11.0. The fourth-order valence-corrected chi connectivity index (χ4v) is 0.845. The van der Waals surface area contributed by atoms with Gasteiger partial charge in [-0.25, -0.2) is 0 Å². The van der Waals surface area contributed by atoms with E-state index in [9.17, 15) is 4.79 Å². The third-order valence-electron chi connectivity index (χ3n) is 1.47. The Hall–Kier alpha value is -0.540. The summed E-state index contributed by atoms with van der Waals surface area (Å²) in [6.07, 6.45) is 1.27. The van der Waals surface area contributed by atoms with Crippen molar-refractivity contribution in [2.45, 2.75) is 20.0 Å². The first-order valence-corrected chi connectivity index (χ1v) is 5.10. The van der Waals surface area contributed by atoms with Crippen molar-refractivity contribution < 1.29 is 14.3 Å². The van der Waals surface area contributed by atoms with Crippen LogP contribution in [0.5, 0.6) is 0 Å². The Bertz CT molecular complexity index is 180. The third-order valence-corrected chi connectivity index (χ3v) is 1.81. The van der Waals surface area contributed by atoms with Crippen LogP contribution in [0.4, 0.5) is 0 Å². The first-order chi connectivity index (χ1) is 6.61. The number of hydrogen-bond donors (Lipinski definition) is 0. The van der Waals surface area contributed by atoms with Gasteiger partial charge in [-0.3, -0.25) is 4.79 Å². The lowest BCUT2D eigenvalue weighted by atomic mass is 10.2. The summed E-state index contributed by atoms with van der Waals surface area (Å²) in [7, 11) is 0. The summed E-state index contributed by atoms with van der Waals surface area (Å²) in [5.74, 6) is -0.145. The van der Waals surface area contributed by atoms with Crippen LogP contribution in [0, 0.1) is 5.92 Å². The largest absolute Gasteiger partial charge is 0.458 e. The predicted molar refractivity (Wildman–Crippen MR) is 56.5 cm³/mol. The van der Waals surface area contributed by atoms with Gasteiger partial charge in [0.25, 0.3) is 0 Å². The van der Waals surface area contributed by atoms with Crippen molar-refractivity contribution in [2.75, 3.05) is 19.1 Å². The molecular formula is C10H17ClO3. The Kier molecular flexibility index (Phi) is 7.52. The van der Waals surface area contributed by atoms with Crippen LogP contribution in [-0.4, -0.2) is 31.2 Å². The Balaban J connectivity index is 3.78. The maximum Gasteiger partial charge on any atom is 0.308 e. The van der Waals surface area contributed by atoms with E-state index >= 15 is 0 Å². The van der Waals surface area contributed by atoms with E-state index < -0.39 is 0 Å². The van der Waals surface area contributed by atoms with Crippen LogP contribution in [-0.2, 0) is 14.3 Å². The van der Waals surface area contributed by atoms with Gasteiger partial charge in [-0.1, -0.05) is 19.9 Å². The van der Waals surface area contributed by atoms with E-state index in [1.807, 2.05) is 0 Å². The highest BCUT2D eigenvalue weighted by Gasteiger charge is 2.15. The molecule has 0 rings (SSSR count). The van der Waals surface area contributed by atoms with Crippen LogP contribution in [0.15, 0.2) is 12.7 Å². The first kappa shape index (κ1) is 13.5. The molecule has 0 aliphatic heterocycles. The molecule has 82 valence electrons. The topological polar surface area (TPSA) is 35.5 Å². The molecule has 1 atom stereocenters. The number of esters is 1. The maximum atomic E-state index is 11.2. The van der Waals surface area contributed by atoms with E-state index in [2.05, 4.69) is 6.58 Å². The van der Waals surface area contributed by atoms with Gasteiger partial charge in [-0.05, 0) is 0 Å². The molecule has 0 unspecified atom stereocenters. The quantitative estimate of drug-likeness (QED) is 0.285. The lowest BCUT2D eigenvalue weighted by molar-refractivity contribution is -0.154. The molecule has 4 heteroatoms. The van der Waals surface area contributed by atoms with Crippen molar-refractivity contribution in [3.05, 3.63) is 12.7 Å². The molecule has 14 heavy (non-hydrogen) atoms. The summed E-state index contributed by atoms with van der Waals surface area (Å²) in [4.78, 5) is 11.2. The molecule has 3 nitrogen and oxygen atoms in total. The van der Waals surface area contributed by atoms with Gasteiger partial charge in [0.05, 0.1) is 25.0 Å². The van der Waals surface area contributed by atoms with Crippen LogP contribution < -0.4 is 0 Å². The lowest BCUT2D eigenvalue weighted by Crippen LogP contribution is -2.27. The third kappa shape index (κ3) is 6.00. The highest BCUT2D eigenvalue weighted by Crippen LogP contribution is 2.03. The number of halogens is 1. The Morgan fingerprint density at radius 1 is 1.57 bits per heavy atom. The van der Waals surface area contributed by atoms with Crippen LogP contribution in [0.3, 0.4) is 0 Å². The molecule has 0 fully saturated rings. The number of carbonyl (C=O) groups excluding carboxylic acids is 1.